The molecule has 0 radical (unpaired) electrons. The predicted octanol–water partition coefficient (Wildman–Crippen LogP) is 1.94. The molecule has 0 bridgehead atoms. The fourth-order valence-corrected chi connectivity index (χ4v) is 2.75. The second-order valence-electron chi connectivity index (χ2n) is 6.69. The number of thioether (sulfide) groups is 1. The summed E-state index contributed by atoms with van der Waals surface area (Å²) in [6.07, 6.45) is 6.23. The van der Waals surface area contributed by atoms with Gasteiger partial charge in [-0.2, -0.15) is 0 Å². The van der Waals surface area contributed by atoms with Gasteiger partial charge in [-0.1, -0.05) is 32.5 Å². The third kappa shape index (κ3) is 4.97. The number of aromatic nitrogens is 2. The lowest BCUT2D eigenvalue weighted by Gasteiger charge is -2.26. The first kappa shape index (κ1) is 16.2. The Kier molecular flexibility index (Phi) is 5.22. The molecule has 1 aromatic rings. The summed E-state index contributed by atoms with van der Waals surface area (Å²) in [6, 6.07) is 0.222. The van der Waals surface area contributed by atoms with E-state index in [1.54, 1.807) is 0 Å². The molecule has 2 rings (SSSR count). The molecule has 0 spiro atoms. The first-order valence-electron chi connectivity index (χ1n) is 7.23. The van der Waals surface area contributed by atoms with E-state index in [-0.39, 0.29) is 17.4 Å². The molecule has 21 heavy (non-hydrogen) atoms. The topological polar surface area (TPSA) is 58.1 Å². The van der Waals surface area contributed by atoms with Crippen LogP contribution in [-0.4, -0.2) is 46.2 Å². The summed E-state index contributed by atoms with van der Waals surface area (Å²) < 4.78 is 0. The highest BCUT2D eigenvalue weighted by Crippen LogP contribution is 2.20. The van der Waals surface area contributed by atoms with Crippen molar-refractivity contribution in [3.05, 3.63) is 18.0 Å². The maximum atomic E-state index is 12.0. The standard InChI is InChI=1S/C15H24N4OS/c1-15(2,3)10-19-9-12(5-13(19)20)16-6-11-7-17-14(21-4)18-8-11/h7-8,12,16H,5-6,9-10H2,1-4H3/t12-/m1/s1. The monoisotopic (exact) mass is 308 g/mol. The minimum Gasteiger partial charge on any atom is -0.341 e. The Morgan fingerprint density at radius 1 is 1.38 bits per heavy atom. The van der Waals surface area contributed by atoms with Crippen molar-refractivity contribution in [2.45, 2.75) is 44.9 Å². The van der Waals surface area contributed by atoms with Crippen molar-refractivity contribution in [2.24, 2.45) is 5.41 Å². The van der Waals surface area contributed by atoms with Crippen LogP contribution in [0.4, 0.5) is 0 Å². The smallest absolute Gasteiger partial charge is 0.224 e. The first-order chi connectivity index (χ1) is 9.87. The molecular formula is C15H24N4OS. The number of carbonyl (C=O) groups is 1. The quantitative estimate of drug-likeness (QED) is 0.665. The average molecular weight is 308 g/mol. The van der Waals surface area contributed by atoms with E-state index in [9.17, 15) is 4.79 Å². The summed E-state index contributed by atoms with van der Waals surface area (Å²) in [6.45, 7) is 8.79. The van der Waals surface area contributed by atoms with Crippen molar-refractivity contribution in [3.8, 4) is 0 Å². The number of rotatable bonds is 5. The largest absolute Gasteiger partial charge is 0.341 e. The zero-order valence-corrected chi connectivity index (χ0v) is 14.0. The van der Waals surface area contributed by atoms with Crippen LogP contribution >= 0.6 is 11.8 Å². The maximum absolute atomic E-state index is 12.0. The average Bonchev–Trinajstić information content (AvgIpc) is 2.75. The van der Waals surface area contributed by atoms with Gasteiger partial charge in [-0.25, -0.2) is 9.97 Å². The molecule has 0 unspecified atom stereocenters. The SMILES string of the molecule is CSc1ncc(CN[C@@H]2CC(=O)N(CC(C)(C)C)C2)cn1. The third-order valence-corrected chi connectivity index (χ3v) is 3.91. The lowest BCUT2D eigenvalue weighted by Crippen LogP contribution is -2.36. The fraction of sp³-hybridized carbons (Fsp3) is 0.667. The molecular weight excluding hydrogens is 284 g/mol. The molecule has 1 aliphatic heterocycles. The highest BCUT2D eigenvalue weighted by molar-refractivity contribution is 7.98. The second kappa shape index (κ2) is 6.75. The molecule has 1 aromatic heterocycles. The summed E-state index contributed by atoms with van der Waals surface area (Å²) in [5.41, 5.74) is 1.20. The van der Waals surface area contributed by atoms with E-state index in [1.165, 1.54) is 11.8 Å². The summed E-state index contributed by atoms with van der Waals surface area (Å²) in [5, 5.41) is 4.22. The number of amides is 1. The van der Waals surface area contributed by atoms with Gasteiger partial charge < -0.3 is 10.2 Å². The van der Waals surface area contributed by atoms with Crippen LogP contribution in [0.1, 0.15) is 32.8 Å². The van der Waals surface area contributed by atoms with Crippen LogP contribution < -0.4 is 5.32 Å². The van der Waals surface area contributed by atoms with Crippen LogP contribution in [0.3, 0.4) is 0 Å². The van der Waals surface area contributed by atoms with Crippen LogP contribution in [0, 0.1) is 5.41 Å². The highest BCUT2D eigenvalue weighted by Gasteiger charge is 2.31. The Morgan fingerprint density at radius 3 is 2.62 bits per heavy atom. The molecule has 1 amide bonds. The zero-order chi connectivity index (χ0) is 15.5. The van der Waals surface area contributed by atoms with Crippen LogP contribution in [0.15, 0.2) is 17.6 Å². The molecule has 116 valence electrons. The Labute approximate surface area is 130 Å². The van der Waals surface area contributed by atoms with Crippen molar-refractivity contribution in [1.29, 1.82) is 0 Å². The van der Waals surface area contributed by atoms with Gasteiger partial charge in [0.05, 0.1) is 0 Å². The van der Waals surface area contributed by atoms with Gasteiger partial charge >= 0.3 is 0 Å². The summed E-state index contributed by atoms with van der Waals surface area (Å²) in [4.78, 5) is 22.5. The van der Waals surface area contributed by atoms with E-state index in [0.29, 0.717) is 13.0 Å². The zero-order valence-electron chi connectivity index (χ0n) is 13.2. The molecule has 1 fully saturated rings. The summed E-state index contributed by atoms with van der Waals surface area (Å²) >= 11 is 1.53. The minimum absolute atomic E-state index is 0.145. The molecule has 1 atom stereocenters. The van der Waals surface area contributed by atoms with Gasteiger partial charge in [0, 0.05) is 50.1 Å². The van der Waals surface area contributed by atoms with E-state index in [1.807, 2.05) is 23.5 Å². The summed E-state index contributed by atoms with van der Waals surface area (Å²) in [7, 11) is 0. The van der Waals surface area contributed by atoms with Gasteiger partial charge in [-0.3, -0.25) is 4.79 Å². The van der Waals surface area contributed by atoms with Crippen LogP contribution in [0.2, 0.25) is 0 Å². The van der Waals surface area contributed by atoms with E-state index in [4.69, 9.17) is 0 Å². The van der Waals surface area contributed by atoms with Gasteiger partial charge in [-0.05, 0) is 11.7 Å². The Balaban J connectivity index is 1.83. The fourth-order valence-electron chi connectivity index (χ4n) is 2.44. The Bertz CT molecular complexity index is 483. The molecule has 0 aliphatic carbocycles. The second-order valence-corrected chi connectivity index (χ2v) is 7.47. The molecule has 1 aliphatic rings. The highest BCUT2D eigenvalue weighted by atomic mass is 32.2. The number of carbonyl (C=O) groups excluding carboxylic acids is 1. The molecule has 5 nitrogen and oxygen atoms in total. The van der Waals surface area contributed by atoms with Gasteiger partial charge in [0.25, 0.3) is 0 Å². The lowest BCUT2D eigenvalue weighted by atomic mass is 9.96. The molecule has 1 N–H and O–H groups in total. The minimum atomic E-state index is 0.145. The first-order valence-corrected chi connectivity index (χ1v) is 8.46. The van der Waals surface area contributed by atoms with E-state index >= 15 is 0 Å². The molecule has 2 heterocycles. The maximum Gasteiger partial charge on any atom is 0.224 e. The molecule has 0 saturated carbocycles. The number of likely N-dealkylation sites (tertiary alicyclic amines) is 1. The number of hydrogen-bond donors (Lipinski definition) is 1. The van der Waals surface area contributed by atoms with Crippen LogP contribution in [0.5, 0.6) is 0 Å². The number of nitrogens with zero attached hydrogens (tertiary/aromatic N) is 3. The van der Waals surface area contributed by atoms with E-state index < -0.39 is 0 Å². The number of hydrogen-bond acceptors (Lipinski definition) is 5. The van der Waals surface area contributed by atoms with E-state index in [2.05, 4.69) is 36.1 Å². The number of nitrogens with one attached hydrogen (secondary N) is 1. The van der Waals surface area contributed by atoms with Crippen molar-refractivity contribution in [3.63, 3.8) is 0 Å². The van der Waals surface area contributed by atoms with Gasteiger partial charge in [0.15, 0.2) is 5.16 Å². The van der Waals surface area contributed by atoms with Crippen molar-refractivity contribution >= 4 is 17.7 Å². The Morgan fingerprint density at radius 2 is 2.05 bits per heavy atom. The molecule has 6 heteroatoms. The van der Waals surface area contributed by atoms with Crippen LogP contribution in [0.25, 0.3) is 0 Å². The predicted molar refractivity (Wildman–Crippen MR) is 85.1 cm³/mol. The lowest BCUT2D eigenvalue weighted by molar-refractivity contribution is -0.128. The van der Waals surface area contributed by atoms with Crippen molar-refractivity contribution < 1.29 is 4.79 Å². The van der Waals surface area contributed by atoms with Gasteiger partial charge in [0.1, 0.15) is 0 Å². The van der Waals surface area contributed by atoms with Crippen molar-refractivity contribution in [2.75, 3.05) is 19.3 Å². The van der Waals surface area contributed by atoms with Crippen molar-refractivity contribution in [1.82, 2.24) is 20.2 Å². The van der Waals surface area contributed by atoms with E-state index in [0.717, 1.165) is 23.8 Å². The van der Waals surface area contributed by atoms with Crippen LogP contribution in [-0.2, 0) is 11.3 Å². The Hall–Kier alpha value is -1.14. The van der Waals surface area contributed by atoms with Gasteiger partial charge in [-0.15, -0.1) is 0 Å². The third-order valence-electron chi connectivity index (χ3n) is 3.34. The molecule has 1 saturated heterocycles. The van der Waals surface area contributed by atoms with Gasteiger partial charge in [0.2, 0.25) is 5.91 Å². The normalized spacial score (nSPS) is 19.3. The molecule has 0 aromatic carbocycles. The summed E-state index contributed by atoms with van der Waals surface area (Å²) in [5.74, 6) is 0.247.